The topological polar surface area (TPSA) is 0 Å². The van der Waals surface area contributed by atoms with E-state index in [9.17, 15) is 0 Å². The molecule has 0 aromatic heterocycles. The van der Waals surface area contributed by atoms with Crippen LogP contribution in [0.3, 0.4) is 0 Å². The Morgan fingerprint density at radius 3 is 1.85 bits per heavy atom. The summed E-state index contributed by atoms with van der Waals surface area (Å²) in [6, 6.07) is 1.44. The fourth-order valence-electron chi connectivity index (χ4n) is 1.78. The summed E-state index contributed by atoms with van der Waals surface area (Å²) in [7, 11) is -2.17. The van der Waals surface area contributed by atoms with Gasteiger partial charge in [-0.1, -0.05) is 63.4 Å². The van der Waals surface area contributed by atoms with Crippen molar-refractivity contribution in [3.63, 3.8) is 0 Å². The molecule has 0 atom stereocenters. The summed E-state index contributed by atoms with van der Waals surface area (Å²) in [6.45, 7) is 18.9. The molecular weight excluding hydrogens is 188 g/mol. The Labute approximate surface area is 86.5 Å². The van der Waals surface area contributed by atoms with Gasteiger partial charge >= 0.3 is 0 Å². The predicted octanol–water partition coefficient (Wildman–Crippen LogP) is 4.47. The van der Waals surface area contributed by atoms with Gasteiger partial charge in [-0.25, -0.2) is 0 Å². The van der Waals surface area contributed by atoms with Crippen molar-refractivity contribution in [1.29, 1.82) is 0 Å². The lowest BCUT2D eigenvalue weighted by Gasteiger charge is -2.33. The predicted molar refractivity (Wildman–Crippen MR) is 69.7 cm³/mol. The lowest BCUT2D eigenvalue weighted by atomic mass is 10.4. The first-order valence-corrected chi connectivity index (χ1v) is 12.1. The van der Waals surface area contributed by atoms with E-state index in [0.29, 0.717) is 0 Å². The Bertz CT molecular complexity index is 175. The molecule has 0 aromatic rings. The highest BCUT2D eigenvalue weighted by atomic mass is 28.4. The number of hydrogen-bond donors (Lipinski definition) is 0. The third kappa shape index (κ3) is 4.27. The first kappa shape index (κ1) is 13.2. The van der Waals surface area contributed by atoms with Gasteiger partial charge < -0.3 is 0 Å². The molecule has 0 fully saturated rings. The van der Waals surface area contributed by atoms with Crippen LogP contribution in [0.2, 0.25) is 38.8 Å². The Kier molecular flexibility index (Phi) is 4.66. The Morgan fingerprint density at radius 2 is 1.54 bits per heavy atom. The molecule has 0 aliphatic heterocycles. The highest BCUT2D eigenvalue weighted by Crippen LogP contribution is 2.28. The highest BCUT2D eigenvalue weighted by molar-refractivity contribution is 7.04. The monoisotopic (exact) mass is 214 g/mol. The van der Waals surface area contributed by atoms with Crippen LogP contribution in [0, 0.1) is 0 Å². The van der Waals surface area contributed by atoms with Crippen molar-refractivity contribution in [2.75, 3.05) is 0 Å². The van der Waals surface area contributed by atoms with Gasteiger partial charge in [0.15, 0.2) is 0 Å². The van der Waals surface area contributed by atoms with Crippen LogP contribution < -0.4 is 0 Å². The van der Waals surface area contributed by atoms with E-state index in [1.165, 1.54) is 18.9 Å². The first-order chi connectivity index (χ1) is 5.72. The molecule has 78 valence electrons. The third-order valence-electron chi connectivity index (χ3n) is 2.88. The average Bonchev–Trinajstić information content (AvgIpc) is 1.98. The van der Waals surface area contributed by atoms with Crippen molar-refractivity contribution in [3.05, 3.63) is 11.4 Å². The summed E-state index contributed by atoms with van der Waals surface area (Å²) < 4.78 is 0. The van der Waals surface area contributed by atoms with Crippen molar-refractivity contribution >= 4 is 16.1 Å². The van der Waals surface area contributed by atoms with Gasteiger partial charge in [0.1, 0.15) is 0 Å². The van der Waals surface area contributed by atoms with E-state index in [4.69, 9.17) is 0 Å². The lowest BCUT2D eigenvalue weighted by Crippen LogP contribution is -2.41. The molecule has 0 aliphatic rings. The first-order valence-electron chi connectivity index (χ1n) is 5.41. The molecule has 0 N–H and O–H groups in total. The molecule has 0 aliphatic carbocycles. The third-order valence-corrected chi connectivity index (χ3v) is 12.2. The fourth-order valence-corrected chi connectivity index (χ4v) is 11.8. The zero-order chi connectivity index (χ0) is 10.7. The van der Waals surface area contributed by atoms with E-state index < -0.39 is 16.1 Å². The standard InChI is InChI=1S/C11H26Si2/c1-8-9-10-13(6,7)11(2)12(3,4)5/h2,8-10H2,1,3-7H3. The summed E-state index contributed by atoms with van der Waals surface area (Å²) >= 11 is 0. The van der Waals surface area contributed by atoms with Crippen LogP contribution in [0.15, 0.2) is 11.4 Å². The van der Waals surface area contributed by atoms with E-state index in [0.717, 1.165) is 0 Å². The average molecular weight is 215 g/mol. The summed E-state index contributed by atoms with van der Waals surface area (Å²) in [4.78, 5) is 1.66. The molecule has 0 nitrogen and oxygen atoms in total. The number of rotatable bonds is 5. The van der Waals surface area contributed by atoms with Gasteiger partial charge in [-0.05, 0) is 0 Å². The summed E-state index contributed by atoms with van der Waals surface area (Å²) in [6.07, 6.45) is 2.72. The SMILES string of the molecule is C=C([Si](C)(C)C)[Si](C)(C)CCCC. The van der Waals surface area contributed by atoms with Crippen molar-refractivity contribution in [2.45, 2.75) is 58.5 Å². The summed E-state index contributed by atoms with van der Waals surface area (Å²) in [5.41, 5.74) is 0. The smallest absolute Gasteiger partial charge is 0.0704 e. The van der Waals surface area contributed by atoms with Gasteiger partial charge in [0.25, 0.3) is 0 Å². The normalized spacial score (nSPS) is 13.1. The van der Waals surface area contributed by atoms with Gasteiger partial charge in [0.05, 0.1) is 16.1 Å². The lowest BCUT2D eigenvalue weighted by molar-refractivity contribution is 0.869. The van der Waals surface area contributed by atoms with Crippen molar-refractivity contribution in [1.82, 2.24) is 0 Å². The Morgan fingerprint density at radius 1 is 1.08 bits per heavy atom. The minimum atomic E-state index is -1.10. The molecular formula is C11H26Si2. The van der Waals surface area contributed by atoms with Crippen LogP contribution >= 0.6 is 0 Å². The van der Waals surface area contributed by atoms with Crippen molar-refractivity contribution in [3.8, 4) is 0 Å². The second-order valence-electron chi connectivity index (χ2n) is 5.72. The van der Waals surface area contributed by atoms with Crippen LogP contribution in [0.1, 0.15) is 19.8 Å². The Hall–Kier alpha value is 0.174. The van der Waals surface area contributed by atoms with E-state index in [1.54, 1.807) is 4.82 Å². The molecule has 0 spiro atoms. The maximum Gasteiger partial charge on any atom is 0.0704 e. The van der Waals surface area contributed by atoms with Crippen molar-refractivity contribution in [2.24, 2.45) is 0 Å². The summed E-state index contributed by atoms with van der Waals surface area (Å²) in [5, 5.41) is 0. The molecule has 2 heteroatoms. The quantitative estimate of drug-likeness (QED) is 0.593. The maximum absolute atomic E-state index is 4.37. The van der Waals surface area contributed by atoms with Crippen LogP contribution in [0.4, 0.5) is 0 Å². The number of unbranched alkanes of at least 4 members (excludes halogenated alkanes) is 1. The minimum Gasteiger partial charge on any atom is -0.108 e. The van der Waals surface area contributed by atoms with E-state index in [-0.39, 0.29) is 0 Å². The molecule has 0 heterocycles. The molecule has 0 saturated carbocycles. The molecule has 0 amide bonds. The van der Waals surface area contributed by atoms with Gasteiger partial charge in [0.2, 0.25) is 0 Å². The highest BCUT2D eigenvalue weighted by Gasteiger charge is 2.32. The molecule has 0 rings (SSSR count). The maximum atomic E-state index is 4.37. The van der Waals surface area contributed by atoms with Crippen LogP contribution in [-0.4, -0.2) is 16.1 Å². The van der Waals surface area contributed by atoms with Crippen LogP contribution in [-0.2, 0) is 0 Å². The van der Waals surface area contributed by atoms with Crippen LogP contribution in [0.25, 0.3) is 0 Å². The van der Waals surface area contributed by atoms with Gasteiger partial charge in [-0.2, -0.15) is 0 Å². The Balaban J connectivity index is 4.36. The molecule has 0 saturated heterocycles. The van der Waals surface area contributed by atoms with E-state index in [1.807, 2.05) is 0 Å². The molecule has 13 heavy (non-hydrogen) atoms. The molecule has 0 radical (unpaired) electrons. The second-order valence-corrected chi connectivity index (χ2v) is 16.2. The minimum absolute atomic E-state index is 1.08. The fraction of sp³-hybridized carbons (Fsp3) is 0.818. The molecule has 0 unspecified atom stereocenters. The van der Waals surface area contributed by atoms with Crippen molar-refractivity contribution < 1.29 is 0 Å². The van der Waals surface area contributed by atoms with Crippen LogP contribution in [0.5, 0.6) is 0 Å². The second kappa shape index (κ2) is 4.60. The van der Waals surface area contributed by atoms with Gasteiger partial charge in [0, 0.05) is 0 Å². The molecule has 0 aromatic carbocycles. The number of hydrogen-bond acceptors (Lipinski definition) is 0. The largest absolute Gasteiger partial charge is 0.108 e. The van der Waals surface area contributed by atoms with Gasteiger partial charge in [-0.15, -0.1) is 6.58 Å². The zero-order valence-electron chi connectivity index (χ0n) is 10.3. The summed E-state index contributed by atoms with van der Waals surface area (Å²) in [5.74, 6) is 0. The van der Waals surface area contributed by atoms with E-state index >= 15 is 0 Å². The van der Waals surface area contributed by atoms with Gasteiger partial charge in [-0.3, -0.25) is 0 Å². The molecule has 0 bridgehead atoms. The van der Waals surface area contributed by atoms with E-state index in [2.05, 4.69) is 46.2 Å². The zero-order valence-corrected chi connectivity index (χ0v) is 12.3.